The molecule has 0 unspecified atom stereocenters. The first kappa shape index (κ1) is 20.8. The Morgan fingerprint density at radius 3 is 2.63 bits per heavy atom. The minimum absolute atomic E-state index is 0.0572. The van der Waals surface area contributed by atoms with E-state index in [1.165, 1.54) is 31.6 Å². The van der Waals surface area contributed by atoms with Crippen molar-refractivity contribution < 1.29 is 23.8 Å². The van der Waals surface area contributed by atoms with E-state index in [2.05, 4.69) is 10.1 Å². The molecule has 8 heteroatoms. The summed E-state index contributed by atoms with van der Waals surface area (Å²) in [5.41, 5.74) is 1.07. The lowest BCUT2D eigenvalue weighted by atomic mass is 10.2. The Bertz CT molecular complexity index is 860. The molecule has 0 saturated heterocycles. The zero-order valence-corrected chi connectivity index (χ0v) is 16.9. The Labute approximate surface area is 166 Å². The molecule has 1 heterocycles. The summed E-state index contributed by atoms with van der Waals surface area (Å²) in [6.45, 7) is 3.78. The first-order valence-corrected chi connectivity index (χ1v) is 9.30. The lowest BCUT2D eigenvalue weighted by Gasteiger charge is -2.15. The molecule has 0 saturated carbocycles. The minimum Gasteiger partial charge on any atom is -0.493 e. The van der Waals surface area contributed by atoms with Crippen LogP contribution in [0.15, 0.2) is 29.7 Å². The van der Waals surface area contributed by atoms with E-state index in [1.807, 2.05) is 13.8 Å². The molecule has 6 nitrogen and oxygen atoms in total. The fourth-order valence-electron chi connectivity index (χ4n) is 2.19. The number of nitrogens with one attached hydrogen (secondary N) is 1. The summed E-state index contributed by atoms with van der Waals surface area (Å²) in [6, 6.07) is 5.04. The number of amides is 1. The van der Waals surface area contributed by atoms with Gasteiger partial charge in [0.25, 0.3) is 0 Å². The summed E-state index contributed by atoms with van der Waals surface area (Å²) >= 11 is 7.46. The molecule has 2 aromatic rings. The van der Waals surface area contributed by atoms with Gasteiger partial charge < -0.3 is 19.5 Å². The summed E-state index contributed by atoms with van der Waals surface area (Å²) in [7, 11) is 2.81. The van der Waals surface area contributed by atoms with Crippen LogP contribution in [0.25, 0.3) is 6.08 Å². The highest BCUT2D eigenvalue weighted by atomic mass is 35.5. The second-order valence-corrected chi connectivity index (χ2v) is 7.00. The normalized spacial score (nSPS) is 10.9. The third-order valence-corrected chi connectivity index (χ3v) is 4.50. The number of carbonyl (C=O) groups is 2. The molecule has 0 radical (unpaired) electrons. The second-order valence-electron chi connectivity index (χ2n) is 5.68. The number of esters is 1. The van der Waals surface area contributed by atoms with Crippen LogP contribution < -0.4 is 14.8 Å². The average molecular weight is 410 g/mol. The number of ether oxygens (including phenoxy) is 3. The van der Waals surface area contributed by atoms with Crippen LogP contribution in [-0.2, 0) is 9.53 Å². The fourth-order valence-corrected chi connectivity index (χ4v) is 3.22. The van der Waals surface area contributed by atoms with Gasteiger partial charge in [-0.1, -0.05) is 11.6 Å². The molecule has 0 atom stereocenters. The Kier molecular flexibility index (Phi) is 7.27. The van der Waals surface area contributed by atoms with Crippen LogP contribution in [0.1, 0.15) is 29.1 Å². The van der Waals surface area contributed by atoms with Crippen LogP contribution in [-0.4, -0.2) is 32.2 Å². The minimum atomic E-state index is -0.499. The number of rotatable bonds is 7. The standard InChI is InChI=1S/C19H20ClNO5S/c1-11(2)26-17-13(20)9-12(10-15(17)24-3)5-6-16(22)21-14-7-8-27-18(14)19(23)25-4/h5-11H,1-4H3,(H,21,22). The van der Waals surface area contributed by atoms with Crippen molar-refractivity contribution in [1.29, 1.82) is 0 Å². The SMILES string of the molecule is COC(=O)c1sccc1NC(=O)C=Cc1cc(Cl)c(OC(C)C)c(OC)c1. The molecular weight excluding hydrogens is 390 g/mol. The summed E-state index contributed by atoms with van der Waals surface area (Å²) in [5.74, 6) is 0.0384. The van der Waals surface area contributed by atoms with E-state index in [9.17, 15) is 9.59 Å². The van der Waals surface area contributed by atoms with Crippen LogP contribution >= 0.6 is 22.9 Å². The van der Waals surface area contributed by atoms with E-state index in [4.69, 9.17) is 21.1 Å². The maximum atomic E-state index is 12.2. The molecule has 0 aliphatic carbocycles. The first-order valence-electron chi connectivity index (χ1n) is 8.04. The van der Waals surface area contributed by atoms with E-state index in [0.717, 1.165) is 0 Å². The van der Waals surface area contributed by atoms with Crippen molar-refractivity contribution in [2.45, 2.75) is 20.0 Å². The quantitative estimate of drug-likeness (QED) is 0.532. The van der Waals surface area contributed by atoms with Gasteiger partial charge in [0.05, 0.1) is 31.0 Å². The molecule has 1 N–H and O–H groups in total. The van der Waals surface area contributed by atoms with Crippen molar-refractivity contribution in [3.8, 4) is 11.5 Å². The predicted molar refractivity (Wildman–Crippen MR) is 107 cm³/mol. The number of benzene rings is 1. The molecule has 1 amide bonds. The molecule has 27 heavy (non-hydrogen) atoms. The van der Waals surface area contributed by atoms with Crippen molar-refractivity contribution in [2.75, 3.05) is 19.5 Å². The van der Waals surface area contributed by atoms with Gasteiger partial charge in [0, 0.05) is 6.08 Å². The van der Waals surface area contributed by atoms with Crippen LogP contribution in [0.5, 0.6) is 11.5 Å². The molecule has 144 valence electrons. The van der Waals surface area contributed by atoms with Gasteiger partial charge in [-0.3, -0.25) is 4.79 Å². The van der Waals surface area contributed by atoms with Gasteiger partial charge in [-0.25, -0.2) is 4.79 Å². The number of hydrogen-bond donors (Lipinski definition) is 1. The highest BCUT2D eigenvalue weighted by molar-refractivity contribution is 7.12. The summed E-state index contributed by atoms with van der Waals surface area (Å²) in [4.78, 5) is 24.1. The highest BCUT2D eigenvalue weighted by Crippen LogP contribution is 2.37. The lowest BCUT2D eigenvalue weighted by Crippen LogP contribution is -2.10. The van der Waals surface area contributed by atoms with E-state index < -0.39 is 11.9 Å². The first-order chi connectivity index (χ1) is 12.8. The van der Waals surface area contributed by atoms with Crippen molar-refractivity contribution in [3.63, 3.8) is 0 Å². The van der Waals surface area contributed by atoms with Crippen LogP contribution in [0.2, 0.25) is 5.02 Å². The number of methoxy groups -OCH3 is 2. The average Bonchev–Trinajstić information content (AvgIpc) is 3.08. The van der Waals surface area contributed by atoms with Gasteiger partial charge in [-0.15, -0.1) is 11.3 Å². The van der Waals surface area contributed by atoms with Crippen LogP contribution in [0.4, 0.5) is 5.69 Å². The summed E-state index contributed by atoms with van der Waals surface area (Å²) < 4.78 is 15.7. The zero-order chi connectivity index (χ0) is 20.0. The Hall–Kier alpha value is -2.51. The second kappa shape index (κ2) is 9.43. The number of anilines is 1. The van der Waals surface area contributed by atoms with Crippen molar-refractivity contribution in [1.82, 2.24) is 0 Å². The van der Waals surface area contributed by atoms with E-state index >= 15 is 0 Å². The third-order valence-electron chi connectivity index (χ3n) is 3.33. The molecule has 1 aromatic carbocycles. The fraction of sp³-hybridized carbons (Fsp3) is 0.263. The molecule has 0 spiro atoms. The largest absolute Gasteiger partial charge is 0.493 e. The van der Waals surface area contributed by atoms with Crippen LogP contribution in [0.3, 0.4) is 0 Å². The molecule has 0 bridgehead atoms. The number of carbonyl (C=O) groups excluding carboxylic acids is 2. The Morgan fingerprint density at radius 2 is 2.00 bits per heavy atom. The van der Waals surface area contributed by atoms with Gasteiger partial charge >= 0.3 is 5.97 Å². The lowest BCUT2D eigenvalue weighted by molar-refractivity contribution is -0.111. The monoisotopic (exact) mass is 409 g/mol. The number of halogens is 1. The molecule has 2 rings (SSSR count). The Balaban J connectivity index is 2.16. The van der Waals surface area contributed by atoms with Gasteiger partial charge in [-0.05, 0) is 49.1 Å². The highest BCUT2D eigenvalue weighted by Gasteiger charge is 2.15. The zero-order valence-electron chi connectivity index (χ0n) is 15.4. The van der Waals surface area contributed by atoms with Gasteiger partial charge in [0.1, 0.15) is 4.88 Å². The molecule has 0 fully saturated rings. The summed E-state index contributed by atoms with van der Waals surface area (Å²) in [5, 5.41) is 4.73. The maximum Gasteiger partial charge on any atom is 0.350 e. The van der Waals surface area contributed by atoms with Crippen LogP contribution in [0, 0.1) is 0 Å². The third kappa shape index (κ3) is 5.48. The van der Waals surface area contributed by atoms with Gasteiger partial charge in [-0.2, -0.15) is 0 Å². The topological polar surface area (TPSA) is 73.9 Å². The number of hydrogen-bond acceptors (Lipinski definition) is 6. The summed E-state index contributed by atoms with van der Waals surface area (Å²) in [6.07, 6.45) is 2.87. The van der Waals surface area contributed by atoms with Gasteiger partial charge in [0.15, 0.2) is 11.5 Å². The van der Waals surface area contributed by atoms with Crippen molar-refractivity contribution in [2.24, 2.45) is 0 Å². The van der Waals surface area contributed by atoms with Gasteiger partial charge in [0.2, 0.25) is 5.91 Å². The molecule has 1 aromatic heterocycles. The van der Waals surface area contributed by atoms with Crippen molar-refractivity contribution >= 4 is 46.6 Å². The van der Waals surface area contributed by atoms with Crippen molar-refractivity contribution in [3.05, 3.63) is 45.1 Å². The molecule has 0 aliphatic heterocycles. The molecule has 0 aliphatic rings. The van der Waals surface area contributed by atoms with E-state index in [-0.39, 0.29) is 6.10 Å². The number of thiophene rings is 1. The predicted octanol–water partition coefficient (Wildman–Crippen LogP) is 4.64. The Morgan fingerprint density at radius 1 is 1.26 bits per heavy atom. The molecular formula is C19H20ClNO5S. The van der Waals surface area contributed by atoms with E-state index in [1.54, 1.807) is 29.7 Å². The van der Waals surface area contributed by atoms with E-state index in [0.29, 0.717) is 32.6 Å². The maximum absolute atomic E-state index is 12.2. The smallest absolute Gasteiger partial charge is 0.350 e.